The van der Waals surface area contributed by atoms with E-state index >= 15 is 0 Å². The van der Waals surface area contributed by atoms with Crippen LogP contribution < -0.4 is 15.4 Å². The zero-order valence-electron chi connectivity index (χ0n) is 16.6. The minimum atomic E-state index is -0.313. The van der Waals surface area contributed by atoms with Gasteiger partial charge in [0.25, 0.3) is 11.8 Å². The van der Waals surface area contributed by atoms with E-state index in [0.717, 1.165) is 30.6 Å². The molecule has 0 aromatic heterocycles. The van der Waals surface area contributed by atoms with Crippen molar-refractivity contribution in [3.63, 3.8) is 0 Å². The molecule has 1 unspecified atom stereocenters. The fourth-order valence-corrected chi connectivity index (χ4v) is 3.30. The number of hydrogen-bond donors (Lipinski definition) is 2. The normalized spacial score (nSPS) is 15.8. The summed E-state index contributed by atoms with van der Waals surface area (Å²) in [5.41, 5.74) is 2.80. The van der Waals surface area contributed by atoms with Gasteiger partial charge in [-0.15, -0.1) is 0 Å². The summed E-state index contributed by atoms with van der Waals surface area (Å²) in [5.74, 6) is 0.0777. The molecule has 1 atom stereocenters. The Morgan fingerprint density at radius 1 is 1.21 bits per heavy atom. The molecule has 7 heteroatoms. The van der Waals surface area contributed by atoms with Gasteiger partial charge >= 0.3 is 0 Å². The highest BCUT2D eigenvalue weighted by molar-refractivity contribution is 6.32. The molecule has 2 aromatic carbocycles. The van der Waals surface area contributed by atoms with E-state index in [-0.39, 0.29) is 24.5 Å². The third-order valence-electron chi connectivity index (χ3n) is 4.70. The number of aryl methyl sites for hydroxylation is 2. The molecule has 1 aliphatic heterocycles. The van der Waals surface area contributed by atoms with Gasteiger partial charge in [0.2, 0.25) is 0 Å². The minimum absolute atomic E-state index is 0.0825. The first-order valence-electron chi connectivity index (χ1n) is 9.61. The molecule has 1 aliphatic rings. The molecule has 154 valence electrons. The van der Waals surface area contributed by atoms with E-state index < -0.39 is 0 Å². The Hall–Kier alpha value is -2.57. The fraction of sp³-hybridized carbons (Fsp3) is 0.364. The first kappa shape index (κ1) is 21.1. The summed E-state index contributed by atoms with van der Waals surface area (Å²) in [7, 11) is 0. The predicted octanol–water partition coefficient (Wildman–Crippen LogP) is 3.88. The molecule has 1 saturated heterocycles. The standard InChI is InChI=1S/C22H25ClN2O4/c1-14-9-19(10-15(2)21(14)23)29-13-20(26)25-17-6-3-5-16(11-17)22(27)24-12-18-7-4-8-28-18/h3,5-6,9-11,18H,4,7-8,12-13H2,1-2H3,(H,24,27)(H,25,26). The molecule has 0 spiro atoms. The van der Waals surface area contributed by atoms with E-state index in [4.69, 9.17) is 21.1 Å². The van der Waals surface area contributed by atoms with Crippen molar-refractivity contribution in [2.24, 2.45) is 0 Å². The number of ether oxygens (including phenoxy) is 2. The van der Waals surface area contributed by atoms with Crippen LogP contribution in [0.25, 0.3) is 0 Å². The van der Waals surface area contributed by atoms with E-state index in [1.54, 1.807) is 36.4 Å². The molecule has 2 amide bonds. The Kier molecular flexibility index (Phi) is 7.12. The molecule has 0 radical (unpaired) electrons. The second kappa shape index (κ2) is 9.76. The van der Waals surface area contributed by atoms with Gasteiger partial charge in [0.05, 0.1) is 6.10 Å². The number of halogens is 1. The van der Waals surface area contributed by atoms with Crippen molar-refractivity contribution in [2.45, 2.75) is 32.8 Å². The maximum atomic E-state index is 12.3. The summed E-state index contributed by atoms with van der Waals surface area (Å²) in [4.78, 5) is 24.6. The lowest BCUT2D eigenvalue weighted by Crippen LogP contribution is -2.31. The van der Waals surface area contributed by atoms with Crippen LogP contribution in [-0.4, -0.2) is 37.7 Å². The quantitative estimate of drug-likeness (QED) is 0.718. The van der Waals surface area contributed by atoms with E-state index in [1.165, 1.54) is 0 Å². The van der Waals surface area contributed by atoms with Crippen LogP contribution in [0.5, 0.6) is 5.75 Å². The first-order chi connectivity index (χ1) is 13.9. The van der Waals surface area contributed by atoms with Crippen molar-refractivity contribution < 1.29 is 19.1 Å². The number of nitrogens with one attached hydrogen (secondary N) is 2. The maximum absolute atomic E-state index is 12.3. The fourth-order valence-electron chi connectivity index (χ4n) is 3.19. The van der Waals surface area contributed by atoms with E-state index in [1.807, 2.05) is 13.8 Å². The first-order valence-corrected chi connectivity index (χ1v) is 9.99. The van der Waals surface area contributed by atoms with Crippen LogP contribution in [-0.2, 0) is 9.53 Å². The van der Waals surface area contributed by atoms with Crippen LogP contribution in [0, 0.1) is 13.8 Å². The number of anilines is 1. The van der Waals surface area contributed by atoms with Gasteiger partial charge in [0.1, 0.15) is 5.75 Å². The Labute approximate surface area is 175 Å². The number of carbonyl (C=O) groups is 2. The Morgan fingerprint density at radius 2 is 1.97 bits per heavy atom. The highest BCUT2D eigenvalue weighted by atomic mass is 35.5. The zero-order valence-corrected chi connectivity index (χ0v) is 17.3. The highest BCUT2D eigenvalue weighted by Gasteiger charge is 2.17. The van der Waals surface area contributed by atoms with Gasteiger partial charge < -0.3 is 20.1 Å². The molecule has 2 aromatic rings. The number of benzene rings is 2. The Balaban J connectivity index is 1.52. The van der Waals surface area contributed by atoms with Crippen LogP contribution in [0.3, 0.4) is 0 Å². The van der Waals surface area contributed by atoms with Gasteiger partial charge in [-0.3, -0.25) is 9.59 Å². The molecule has 0 saturated carbocycles. The van der Waals surface area contributed by atoms with E-state index in [2.05, 4.69) is 10.6 Å². The van der Waals surface area contributed by atoms with Gasteiger partial charge in [0.15, 0.2) is 6.61 Å². The van der Waals surface area contributed by atoms with E-state index in [9.17, 15) is 9.59 Å². The number of amides is 2. The molecule has 0 aliphatic carbocycles. The van der Waals surface area contributed by atoms with Crippen molar-refractivity contribution in [1.29, 1.82) is 0 Å². The maximum Gasteiger partial charge on any atom is 0.262 e. The monoisotopic (exact) mass is 416 g/mol. The number of rotatable bonds is 7. The van der Waals surface area contributed by atoms with Crippen molar-refractivity contribution in [3.05, 3.63) is 58.1 Å². The Morgan fingerprint density at radius 3 is 2.66 bits per heavy atom. The lowest BCUT2D eigenvalue weighted by atomic mass is 10.1. The molecule has 3 rings (SSSR count). The molecular weight excluding hydrogens is 392 g/mol. The van der Waals surface area contributed by atoms with Crippen LogP contribution >= 0.6 is 11.6 Å². The minimum Gasteiger partial charge on any atom is -0.484 e. The summed E-state index contributed by atoms with van der Waals surface area (Å²) < 4.78 is 11.1. The lowest BCUT2D eigenvalue weighted by molar-refractivity contribution is -0.118. The molecule has 0 bridgehead atoms. The highest BCUT2D eigenvalue weighted by Crippen LogP contribution is 2.25. The molecular formula is C22H25ClN2O4. The molecule has 1 fully saturated rings. The van der Waals surface area contributed by atoms with Gasteiger partial charge in [-0.1, -0.05) is 17.7 Å². The molecule has 29 heavy (non-hydrogen) atoms. The van der Waals surface area contributed by atoms with Crippen molar-refractivity contribution in [3.8, 4) is 5.75 Å². The second-order valence-corrected chi connectivity index (χ2v) is 7.51. The van der Waals surface area contributed by atoms with Crippen LogP contribution in [0.15, 0.2) is 36.4 Å². The van der Waals surface area contributed by atoms with Crippen molar-refractivity contribution >= 4 is 29.1 Å². The number of carbonyl (C=O) groups excluding carboxylic acids is 2. The third kappa shape index (κ3) is 5.95. The second-order valence-electron chi connectivity index (χ2n) is 7.13. The molecule has 1 heterocycles. The summed E-state index contributed by atoms with van der Waals surface area (Å²) in [6, 6.07) is 10.4. The van der Waals surface area contributed by atoms with Crippen LogP contribution in [0.2, 0.25) is 5.02 Å². The molecule has 6 nitrogen and oxygen atoms in total. The summed E-state index contributed by atoms with van der Waals surface area (Å²) in [6.45, 7) is 4.87. The van der Waals surface area contributed by atoms with Crippen molar-refractivity contribution in [2.75, 3.05) is 25.1 Å². The van der Waals surface area contributed by atoms with Crippen molar-refractivity contribution in [1.82, 2.24) is 5.32 Å². The summed E-state index contributed by atoms with van der Waals surface area (Å²) in [5, 5.41) is 6.31. The van der Waals surface area contributed by atoms with Gasteiger partial charge in [-0.05, 0) is 68.1 Å². The average molecular weight is 417 g/mol. The summed E-state index contributed by atoms with van der Waals surface area (Å²) in [6.07, 6.45) is 2.07. The largest absolute Gasteiger partial charge is 0.484 e. The van der Waals surface area contributed by atoms with Gasteiger partial charge in [-0.25, -0.2) is 0 Å². The molecule has 2 N–H and O–H groups in total. The SMILES string of the molecule is Cc1cc(OCC(=O)Nc2cccc(C(=O)NCC3CCCO3)c2)cc(C)c1Cl. The number of hydrogen-bond acceptors (Lipinski definition) is 4. The van der Waals surface area contributed by atoms with Gasteiger partial charge in [0, 0.05) is 29.4 Å². The Bertz CT molecular complexity index is 871. The third-order valence-corrected chi connectivity index (χ3v) is 5.30. The van der Waals surface area contributed by atoms with Gasteiger partial charge in [-0.2, -0.15) is 0 Å². The van der Waals surface area contributed by atoms with E-state index in [0.29, 0.717) is 28.6 Å². The smallest absolute Gasteiger partial charge is 0.262 e. The summed E-state index contributed by atoms with van der Waals surface area (Å²) >= 11 is 6.14. The van der Waals surface area contributed by atoms with Crippen LogP contribution in [0.1, 0.15) is 34.3 Å². The topological polar surface area (TPSA) is 76.7 Å². The zero-order chi connectivity index (χ0) is 20.8. The predicted molar refractivity (Wildman–Crippen MR) is 113 cm³/mol. The average Bonchev–Trinajstić information content (AvgIpc) is 3.22. The van der Waals surface area contributed by atoms with Crippen LogP contribution in [0.4, 0.5) is 5.69 Å². The lowest BCUT2D eigenvalue weighted by Gasteiger charge is -2.12.